The summed E-state index contributed by atoms with van der Waals surface area (Å²) in [5, 5.41) is 11.6. The van der Waals surface area contributed by atoms with Crippen molar-refractivity contribution in [3.63, 3.8) is 0 Å². The minimum atomic E-state index is -0.494. The van der Waals surface area contributed by atoms with E-state index in [0.29, 0.717) is 21.9 Å². The largest absolute Gasteiger partial charge is 0.496 e. The Morgan fingerprint density at radius 2 is 2.04 bits per heavy atom. The first kappa shape index (κ1) is 17.7. The lowest BCUT2D eigenvalue weighted by Crippen LogP contribution is -2.27. The summed E-state index contributed by atoms with van der Waals surface area (Å²) in [6.07, 6.45) is 0. The average molecular weight is 349 g/mol. The maximum atomic E-state index is 12.7. The van der Waals surface area contributed by atoms with Gasteiger partial charge in [0, 0.05) is 41.4 Å². The lowest BCUT2D eigenvalue weighted by atomic mass is 10.1. The van der Waals surface area contributed by atoms with Gasteiger partial charge in [0.1, 0.15) is 5.75 Å². The first-order valence-corrected chi connectivity index (χ1v) is 7.54. The molecular formula is C17H17ClN2O4. The Morgan fingerprint density at radius 1 is 1.33 bits per heavy atom. The van der Waals surface area contributed by atoms with Crippen LogP contribution in [0.25, 0.3) is 0 Å². The van der Waals surface area contributed by atoms with Crippen LogP contribution < -0.4 is 4.74 Å². The molecule has 1 amide bonds. The summed E-state index contributed by atoms with van der Waals surface area (Å²) in [6.45, 7) is 1.84. The third kappa shape index (κ3) is 3.65. The molecule has 0 radical (unpaired) electrons. The van der Waals surface area contributed by atoms with Crippen molar-refractivity contribution in [1.82, 2.24) is 4.90 Å². The van der Waals surface area contributed by atoms with Gasteiger partial charge in [0.15, 0.2) is 0 Å². The number of benzene rings is 2. The smallest absolute Gasteiger partial charge is 0.273 e. The summed E-state index contributed by atoms with van der Waals surface area (Å²) >= 11 is 6.00. The van der Waals surface area contributed by atoms with E-state index in [2.05, 4.69) is 0 Å². The number of methoxy groups -OCH3 is 1. The topological polar surface area (TPSA) is 72.7 Å². The molecule has 0 atom stereocenters. The number of halogens is 1. The van der Waals surface area contributed by atoms with Gasteiger partial charge >= 0.3 is 0 Å². The molecule has 2 rings (SSSR count). The van der Waals surface area contributed by atoms with Crippen molar-refractivity contribution in [1.29, 1.82) is 0 Å². The Balaban J connectivity index is 2.30. The van der Waals surface area contributed by atoms with Gasteiger partial charge < -0.3 is 9.64 Å². The van der Waals surface area contributed by atoms with Crippen LogP contribution in [0, 0.1) is 17.0 Å². The first-order chi connectivity index (χ1) is 11.3. The zero-order valence-electron chi connectivity index (χ0n) is 13.6. The van der Waals surface area contributed by atoms with E-state index in [1.54, 1.807) is 45.3 Å². The zero-order valence-corrected chi connectivity index (χ0v) is 14.3. The molecule has 0 aliphatic carbocycles. The Labute approximate surface area is 144 Å². The maximum absolute atomic E-state index is 12.7. The number of nitro benzene ring substituents is 1. The molecule has 0 aromatic heterocycles. The van der Waals surface area contributed by atoms with Gasteiger partial charge in [0.05, 0.1) is 12.0 Å². The maximum Gasteiger partial charge on any atom is 0.273 e. The fourth-order valence-electron chi connectivity index (χ4n) is 2.46. The van der Waals surface area contributed by atoms with E-state index in [-0.39, 0.29) is 18.1 Å². The highest BCUT2D eigenvalue weighted by Gasteiger charge is 2.21. The Hall–Kier alpha value is -2.60. The van der Waals surface area contributed by atoms with Gasteiger partial charge in [-0.3, -0.25) is 14.9 Å². The molecule has 0 saturated carbocycles. The molecule has 126 valence electrons. The third-order valence-electron chi connectivity index (χ3n) is 3.73. The number of nitro groups is 1. The number of rotatable bonds is 5. The lowest BCUT2D eigenvalue weighted by Gasteiger charge is -2.20. The molecule has 7 heteroatoms. The number of nitrogens with zero attached hydrogens (tertiary/aromatic N) is 2. The molecule has 0 N–H and O–H groups in total. The third-order valence-corrected chi connectivity index (χ3v) is 3.96. The van der Waals surface area contributed by atoms with Crippen LogP contribution >= 0.6 is 11.6 Å². The van der Waals surface area contributed by atoms with E-state index < -0.39 is 4.92 Å². The number of carbonyl (C=O) groups excluding carboxylic acids is 1. The van der Waals surface area contributed by atoms with Crippen LogP contribution in [-0.2, 0) is 6.54 Å². The summed E-state index contributed by atoms with van der Waals surface area (Å²) in [6, 6.07) is 9.63. The van der Waals surface area contributed by atoms with Crippen molar-refractivity contribution in [2.24, 2.45) is 0 Å². The molecule has 0 heterocycles. The van der Waals surface area contributed by atoms with Gasteiger partial charge in [0.2, 0.25) is 0 Å². The van der Waals surface area contributed by atoms with Gasteiger partial charge in [0.25, 0.3) is 11.6 Å². The number of amides is 1. The van der Waals surface area contributed by atoms with Crippen molar-refractivity contribution < 1.29 is 14.5 Å². The number of hydrogen-bond acceptors (Lipinski definition) is 4. The summed E-state index contributed by atoms with van der Waals surface area (Å²) in [4.78, 5) is 24.7. The van der Waals surface area contributed by atoms with Crippen LogP contribution in [-0.4, -0.2) is 29.9 Å². The van der Waals surface area contributed by atoms with Gasteiger partial charge in [-0.15, -0.1) is 0 Å². The van der Waals surface area contributed by atoms with Crippen molar-refractivity contribution in [2.75, 3.05) is 14.2 Å². The fourth-order valence-corrected chi connectivity index (χ4v) is 2.65. The Morgan fingerprint density at radius 3 is 2.67 bits per heavy atom. The van der Waals surface area contributed by atoms with E-state index in [1.165, 1.54) is 17.0 Å². The normalized spacial score (nSPS) is 10.3. The Kier molecular flexibility index (Phi) is 5.41. The van der Waals surface area contributed by atoms with E-state index in [9.17, 15) is 14.9 Å². The SMILES string of the molecule is COc1ccc(Cl)cc1CN(C)C(=O)c1cccc([N+](=O)[O-])c1C. The van der Waals surface area contributed by atoms with Gasteiger partial charge in [-0.2, -0.15) is 0 Å². The molecule has 0 unspecified atom stereocenters. The minimum absolute atomic E-state index is 0.0745. The highest BCUT2D eigenvalue weighted by molar-refractivity contribution is 6.30. The van der Waals surface area contributed by atoms with Crippen LogP contribution in [0.5, 0.6) is 5.75 Å². The lowest BCUT2D eigenvalue weighted by molar-refractivity contribution is -0.385. The second-order valence-corrected chi connectivity index (χ2v) is 5.76. The molecule has 2 aromatic carbocycles. The van der Waals surface area contributed by atoms with E-state index >= 15 is 0 Å². The van der Waals surface area contributed by atoms with E-state index in [0.717, 1.165) is 5.56 Å². The molecule has 2 aromatic rings. The van der Waals surface area contributed by atoms with Gasteiger partial charge in [-0.25, -0.2) is 0 Å². The summed E-state index contributed by atoms with van der Waals surface area (Å²) in [5.74, 6) is 0.313. The molecule has 0 aliphatic heterocycles. The second-order valence-electron chi connectivity index (χ2n) is 5.32. The summed E-state index contributed by atoms with van der Waals surface area (Å²) < 4.78 is 5.28. The van der Waals surface area contributed by atoms with Crippen molar-refractivity contribution >= 4 is 23.2 Å². The molecule has 0 saturated heterocycles. The molecule has 0 fully saturated rings. The van der Waals surface area contributed by atoms with Crippen LogP contribution in [0.3, 0.4) is 0 Å². The zero-order chi connectivity index (χ0) is 17.9. The fraction of sp³-hybridized carbons (Fsp3) is 0.235. The summed E-state index contributed by atoms with van der Waals surface area (Å²) in [5.41, 5.74) is 1.32. The molecular weight excluding hydrogens is 332 g/mol. The highest BCUT2D eigenvalue weighted by atomic mass is 35.5. The summed E-state index contributed by atoms with van der Waals surface area (Å²) in [7, 11) is 3.17. The second kappa shape index (κ2) is 7.31. The predicted octanol–water partition coefficient (Wildman–Crippen LogP) is 3.84. The van der Waals surface area contributed by atoms with Crippen LogP contribution in [0.1, 0.15) is 21.5 Å². The van der Waals surface area contributed by atoms with Crippen LogP contribution in [0.4, 0.5) is 5.69 Å². The van der Waals surface area contributed by atoms with Gasteiger partial charge in [-0.05, 0) is 31.2 Å². The monoisotopic (exact) mass is 348 g/mol. The first-order valence-electron chi connectivity index (χ1n) is 7.17. The molecule has 0 bridgehead atoms. The highest BCUT2D eigenvalue weighted by Crippen LogP contribution is 2.26. The molecule has 0 aliphatic rings. The standard InChI is InChI=1S/C17H17ClN2O4/c1-11-14(5-4-6-15(11)20(22)23)17(21)19(2)10-12-9-13(18)7-8-16(12)24-3/h4-9H,10H2,1-3H3. The minimum Gasteiger partial charge on any atom is -0.496 e. The van der Waals surface area contributed by atoms with E-state index in [1.807, 2.05) is 0 Å². The van der Waals surface area contributed by atoms with Crippen molar-refractivity contribution in [2.45, 2.75) is 13.5 Å². The number of carbonyl (C=O) groups is 1. The average Bonchev–Trinajstić information content (AvgIpc) is 2.54. The van der Waals surface area contributed by atoms with Crippen molar-refractivity contribution in [3.8, 4) is 5.75 Å². The number of hydrogen-bond donors (Lipinski definition) is 0. The van der Waals surface area contributed by atoms with Crippen LogP contribution in [0.15, 0.2) is 36.4 Å². The van der Waals surface area contributed by atoms with Crippen molar-refractivity contribution in [3.05, 3.63) is 68.2 Å². The van der Waals surface area contributed by atoms with E-state index in [4.69, 9.17) is 16.3 Å². The number of ether oxygens (including phenoxy) is 1. The Bertz CT molecular complexity index is 792. The molecule has 6 nitrogen and oxygen atoms in total. The molecule has 0 spiro atoms. The predicted molar refractivity (Wildman–Crippen MR) is 91.6 cm³/mol. The van der Waals surface area contributed by atoms with Gasteiger partial charge in [-0.1, -0.05) is 17.7 Å². The molecule has 24 heavy (non-hydrogen) atoms. The quantitative estimate of drug-likeness (QED) is 0.608. The van der Waals surface area contributed by atoms with Crippen LogP contribution in [0.2, 0.25) is 5.02 Å².